The molecule has 2 rings (SSSR count). The molecule has 0 aliphatic rings. The quantitative estimate of drug-likeness (QED) is 0.593. The second-order valence-electron chi connectivity index (χ2n) is 2.23. The Morgan fingerprint density at radius 2 is 2.08 bits per heavy atom. The Morgan fingerprint density at radius 1 is 1.25 bits per heavy atom. The first-order valence-corrected chi connectivity index (χ1v) is 3.26. The summed E-state index contributed by atoms with van der Waals surface area (Å²) in [6.45, 7) is 0. The van der Waals surface area contributed by atoms with Crippen molar-refractivity contribution in [2.45, 2.75) is 0 Å². The van der Waals surface area contributed by atoms with Crippen molar-refractivity contribution in [2.24, 2.45) is 0 Å². The van der Waals surface area contributed by atoms with Crippen LogP contribution in [-0.4, -0.2) is 9.97 Å². The van der Waals surface area contributed by atoms with Crippen molar-refractivity contribution in [3.8, 4) is 0 Å². The van der Waals surface area contributed by atoms with Gasteiger partial charge in [-0.25, -0.2) is 18.7 Å². The zero-order valence-electron chi connectivity index (χ0n) is 5.88. The number of halogens is 2. The van der Waals surface area contributed by atoms with Gasteiger partial charge in [0.15, 0.2) is 11.6 Å². The number of hydrogen-bond acceptors (Lipinski definition) is 2. The van der Waals surface area contributed by atoms with E-state index in [-0.39, 0.29) is 5.52 Å². The smallest absolute Gasteiger partial charge is 0.186 e. The highest BCUT2D eigenvalue weighted by atomic mass is 19.2. The van der Waals surface area contributed by atoms with E-state index >= 15 is 0 Å². The molecule has 1 aromatic carbocycles. The third-order valence-electron chi connectivity index (χ3n) is 1.48. The standard InChI is InChI=1S/C8H3F2N2/c9-5-1-2-6-8(7(5)10)12-4-3-11-6/h1-2,4H. The van der Waals surface area contributed by atoms with E-state index in [1.807, 2.05) is 0 Å². The molecule has 1 heterocycles. The highest BCUT2D eigenvalue weighted by molar-refractivity contribution is 5.74. The monoisotopic (exact) mass is 165 g/mol. The van der Waals surface area contributed by atoms with Crippen molar-refractivity contribution in [2.75, 3.05) is 0 Å². The predicted molar refractivity (Wildman–Crippen MR) is 38.3 cm³/mol. The molecular weight excluding hydrogens is 162 g/mol. The SMILES string of the molecule is Fc1ccc2n[c]cnc2c1F. The maximum Gasteiger partial charge on any atom is 0.186 e. The van der Waals surface area contributed by atoms with Crippen molar-refractivity contribution in [3.63, 3.8) is 0 Å². The zero-order valence-corrected chi connectivity index (χ0v) is 5.88. The molecule has 1 aromatic heterocycles. The van der Waals surface area contributed by atoms with Crippen LogP contribution in [0.1, 0.15) is 0 Å². The van der Waals surface area contributed by atoms with E-state index in [1.165, 1.54) is 12.3 Å². The lowest BCUT2D eigenvalue weighted by Crippen LogP contribution is -1.90. The molecule has 0 fully saturated rings. The molecule has 0 saturated carbocycles. The molecule has 0 aliphatic carbocycles. The third-order valence-corrected chi connectivity index (χ3v) is 1.48. The number of fused-ring (bicyclic) bond motifs is 1. The zero-order chi connectivity index (χ0) is 8.55. The Kier molecular flexibility index (Phi) is 1.46. The minimum atomic E-state index is -0.964. The van der Waals surface area contributed by atoms with Crippen molar-refractivity contribution < 1.29 is 8.78 Å². The van der Waals surface area contributed by atoms with E-state index < -0.39 is 11.6 Å². The van der Waals surface area contributed by atoms with Gasteiger partial charge in [0.1, 0.15) is 11.7 Å². The van der Waals surface area contributed by atoms with Gasteiger partial charge in [-0.1, -0.05) is 0 Å². The molecule has 2 aromatic rings. The average Bonchev–Trinajstić information content (AvgIpc) is 2.12. The van der Waals surface area contributed by atoms with E-state index in [2.05, 4.69) is 16.2 Å². The molecule has 0 amide bonds. The van der Waals surface area contributed by atoms with Gasteiger partial charge >= 0.3 is 0 Å². The van der Waals surface area contributed by atoms with Gasteiger partial charge in [-0.15, -0.1) is 0 Å². The van der Waals surface area contributed by atoms with Crippen LogP contribution in [0.5, 0.6) is 0 Å². The average molecular weight is 165 g/mol. The summed E-state index contributed by atoms with van der Waals surface area (Å²) in [5.74, 6) is -1.88. The molecule has 59 valence electrons. The van der Waals surface area contributed by atoms with Crippen molar-refractivity contribution >= 4 is 11.0 Å². The number of benzene rings is 1. The molecule has 0 saturated heterocycles. The summed E-state index contributed by atoms with van der Waals surface area (Å²) in [6.07, 6.45) is 3.63. The van der Waals surface area contributed by atoms with Crippen LogP contribution in [0.4, 0.5) is 8.78 Å². The van der Waals surface area contributed by atoms with Gasteiger partial charge in [0.05, 0.1) is 11.7 Å². The summed E-state index contributed by atoms with van der Waals surface area (Å²) in [6, 6.07) is 2.37. The molecule has 1 radical (unpaired) electrons. The largest absolute Gasteiger partial charge is 0.249 e. The molecule has 0 atom stereocenters. The lowest BCUT2D eigenvalue weighted by atomic mass is 10.3. The molecule has 0 bridgehead atoms. The first kappa shape index (κ1) is 7.09. The topological polar surface area (TPSA) is 25.8 Å². The molecule has 0 aliphatic heterocycles. The van der Waals surface area contributed by atoms with Crippen molar-refractivity contribution in [3.05, 3.63) is 36.2 Å². The fourth-order valence-electron chi connectivity index (χ4n) is 0.935. The molecule has 4 heteroatoms. The van der Waals surface area contributed by atoms with Crippen LogP contribution in [0.3, 0.4) is 0 Å². The van der Waals surface area contributed by atoms with E-state index in [1.54, 1.807) is 0 Å². The highest BCUT2D eigenvalue weighted by Crippen LogP contribution is 2.14. The summed E-state index contributed by atoms with van der Waals surface area (Å²) in [5, 5.41) is 0. The Morgan fingerprint density at radius 3 is 2.92 bits per heavy atom. The molecule has 0 N–H and O–H groups in total. The Bertz CT molecular complexity index is 428. The minimum Gasteiger partial charge on any atom is -0.249 e. The predicted octanol–water partition coefficient (Wildman–Crippen LogP) is 1.71. The van der Waals surface area contributed by atoms with Gasteiger partial charge in [-0.3, -0.25) is 0 Å². The van der Waals surface area contributed by atoms with Crippen molar-refractivity contribution in [1.82, 2.24) is 9.97 Å². The Hall–Kier alpha value is -1.58. The van der Waals surface area contributed by atoms with Crippen LogP contribution in [0.2, 0.25) is 0 Å². The fourth-order valence-corrected chi connectivity index (χ4v) is 0.935. The maximum absolute atomic E-state index is 12.9. The highest BCUT2D eigenvalue weighted by Gasteiger charge is 2.07. The Labute approximate surface area is 66.9 Å². The van der Waals surface area contributed by atoms with Gasteiger partial charge in [0.25, 0.3) is 0 Å². The fraction of sp³-hybridized carbons (Fsp3) is 0. The summed E-state index contributed by atoms with van der Waals surface area (Å²) >= 11 is 0. The normalized spacial score (nSPS) is 10.5. The van der Waals surface area contributed by atoms with Crippen LogP contribution >= 0.6 is 0 Å². The summed E-state index contributed by atoms with van der Waals surface area (Å²) in [5.41, 5.74) is 0.241. The van der Waals surface area contributed by atoms with Crippen LogP contribution in [-0.2, 0) is 0 Å². The van der Waals surface area contributed by atoms with Gasteiger partial charge < -0.3 is 0 Å². The van der Waals surface area contributed by atoms with E-state index in [0.29, 0.717) is 5.52 Å². The third kappa shape index (κ3) is 0.922. The summed E-state index contributed by atoms with van der Waals surface area (Å²) in [7, 11) is 0. The molecule has 12 heavy (non-hydrogen) atoms. The second kappa shape index (κ2) is 2.48. The molecule has 0 unspecified atom stereocenters. The lowest BCUT2D eigenvalue weighted by Gasteiger charge is -1.96. The first-order valence-electron chi connectivity index (χ1n) is 3.26. The van der Waals surface area contributed by atoms with Gasteiger partial charge in [0, 0.05) is 0 Å². The van der Waals surface area contributed by atoms with E-state index in [0.717, 1.165) is 6.07 Å². The molecule has 0 spiro atoms. The summed E-state index contributed by atoms with van der Waals surface area (Å²) < 4.78 is 25.5. The van der Waals surface area contributed by atoms with E-state index in [4.69, 9.17) is 0 Å². The lowest BCUT2D eigenvalue weighted by molar-refractivity contribution is 0.515. The van der Waals surface area contributed by atoms with Crippen LogP contribution in [0.15, 0.2) is 18.3 Å². The summed E-state index contributed by atoms with van der Waals surface area (Å²) in [4.78, 5) is 7.30. The second-order valence-corrected chi connectivity index (χ2v) is 2.23. The van der Waals surface area contributed by atoms with Crippen molar-refractivity contribution in [1.29, 1.82) is 0 Å². The van der Waals surface area contributed by atoms with Gasteiger partial charge in [-0.05, 0) is 12.1 Å². The number of nitrogens with zero attached hydrogens (tertiary/aromatic N) is 2. The number of hydrogen-bond donors (Lipinski definition) is 0. The number of aromatic nitrogens is 2. The van der Waals surface area contributed by atoms with E-state index in [9.17, 15) is 8.78 Å². The minimum absolute atomic E-state index is 0.0613. The van der Waals surface area contributed by atoms with Gasteiger partial charge in [-0.2, -0.15) is 0 Å². The maximum atomic E-state index is 12.9. The molecule has 2 nitrogen and oxygen atoms in total. The number of rotatable bonds is 0. The Balaban J connectivity index is 2.91. The molecular formula is C8H3F2N2. The first-order chi connectivity index (χ1) is 5.79. The van der Waals surface area contributed by atoms with Gasteiger partial charge in [0.2, 0.25) is 0 Å². The van der Waals surface area contributed by atoms with Crippen LogP contribution in [0.25, 0.3) is 11.0 Å². The van der Waals surface area contributed by atoms with Crippen LogP contribution in [0, 0.1) is 17.8 Å². The van der Waals surface area contributed by atoms with Crippen LogP contribution < -0.4 is 0 Å².